The molecule has 0 amide bonds. The number of anilines is 2. The number of thiophene rings is 1. The van der Waals surface area contributed by atoms with Crippen LogP contribution in [-0.2, 0) is 17.7 Å². The molecule has 38 heavy (non-hydrogen) atoms. The Bertz CT molecular complexity index is 1510. The molecule has 1 unspecified atom stereocenters. The van der Waals surface area contributed by atoms with Crippen molar-refractivity contribution in [1.29, 1.82) is 0 Å². The summed E-state index contributed by atoms with van der Waals surface area (Å²) in [5.74, 6) is 7.03. The van der Waals surface area contributed by atoms with Crippen molar-refractivity contribution >= 4 is 34.0 Å². The molecule has 4 aromatic rings. The lowest BCUT2D eigenvalue weighted by molar-refractivity contribution is 0.167. The van der Waals surface area contributed by atoms with Crippen LogP contribution in [0.3, 0.4) is 0 Å². The SMILES string of the molecule is CC#Cc1cc2cnc(Nc3ccc(OC4CCCNC4)cc3)nc2n(Cc2ccsc2CCOC)c1=O. The highest BCUT2D eigenvalue weighted by molar-refractivity contribution is 7.10. The Kier molecular flexibility index (Phi) is 8.34. The van der Waals surface area contributed by atoms with Gasteiger partial charge in [-0.25, -0.2) is 4.98 Å². The molecular weight excluding hydrogens is 498 g/mol. The number of fused-ring (bicyclic) bond motifs is 1. The van der Waals surface area contributed by atoms with E-state index >= 15 is 0 Å². The van der Waals surface area contributed by atoms with Crippen molar-refractivity contribution < 1.29 is 9.47 Å². The van der Waals surface area contributed by atoms with Gasteiger partial charge in [0, 0.05) is 42.2 Å². The number of hydrogen-bond acceptors (Lipinski definition) is 8. The van der Waals surface area contributed by atoms with Gasteiger partial charge in [-0.15, -0.1) is 17.3 Å². The molecule has 8 nitrogen and oxygen atoms in total. The van der Waals surface area contributed by atoms with Crippen molar-refractivity contribution in [2.45, 2.75) is 38.8 Å². The predicted molar refractivity (Wildman–Crippen MR) is 152 cm³/mol. The van der Waals surface area contributed by atoms with Crippen molar-refractivity contribution in [1.82, 2.24) is 19.9 Å². The molecule has 0 radical (unpaired) electrons. The lowest BCUT2D eigenvalue weighted by Crippen LogP contribution is -2.37. The van der Waals surface area contributed by atoms with Gasteiger partial charge in [-0.2, -0.15) is 4.98 Å². The molecule has 1 aliphatic heterocycles. The minimum absolute atomic E-state index is 0.168. The number of piperidine rings is 1. The summed E-state index contributed by atoms with van der Waals surface area (Å²) >= 11 is 1.67. The number of methoxy groups -OCH3 is 1. The van der Waals surface area contributed by atoms with E-state index in [1.807, 2.05) is 29.6 Å². The fraction of sp³-hybridized carbons (Fsp3) is 0.345. The van der Waals surface area contributed by atoms with Gasteiger partial charge in [0.25, 0.3) is 5.56 Å². The summed E-state index contributed by atoms with van der Waals surface area (Å²) in [7, 11) is 1.69. The molecule has 2 N–H and O–H groups in total. The molecule has 0 bridgehead atoms. The fourth-order valence-corrected chi connectivity index (χ4v) is 5.42. The molecule has 1 fully saturated rings. The third kappa shape index (κ3) is 6.05. The van der Waals surface area contributed by atoms with Crippen molar-refractivity contribution in [3.8, 4) is 17.6 Å². The summed E-state index contributed by atoms with van der Waals surface area (Å²) in [6.45, 7) is 4.68. The largest absolute Gasteiger partial charge is 0.489 e. The van der Waals surface area contributed by atoms with Crippen LogP contribution in [0, 0.1) is 11.8 Å². The molecule has 1 saturated heterocycles. The van der Waals surface area contributed by atoms with Gasteiger partial charge < -0.3 is 20.1 Å². The second-order valence-corrected chi connectivity index (χ2v) is 10.1. The summed E-state index contributed by atoms with van der Waals surface area (Å²) in [4.78, 5) is 23.9. The number of nitrogens with one attached hydrogen (secondary N) is 2. The van der Waals surface area contributed by atoms with E-state index in [4.69, 9.17) is 14.5 Å². The van der Waals surface area contributed by atoms with E-state index in [1.165, 1.54) is 4.88 Å². The molecule has 4 heterocycles. The van der Waals surface area contributed by atoms with E-state index in [1.54, 1.807) is 42.2 Å². The maximum atomic E-state index is 13.4. The highest BCUT2D eigenvalue weighted by Crippen LogP contribution is 2.23. The molecule has 3 aromatic heterocycles. The van der Waals surface area contributed by atoms with Crippen LogP contribution in [0.5, 0.6) is 5.75 Å². The second kappa shape index (κ2) is 12.2. The molecule has 196 valence electrons. The van der Waals surface area contributed by atoms with Crippen molar-refractivity contribution in [2.75, 3.05) is 32.1 Å². The lowest BCUT2D eigenvalue weighted by Gasteiger charge is -2.24. The summed E-state index contributed by atoms with van der Waals surface area (Å²) in [6.07, 6.45) is 4.91. The van der Waals surface area contributed by atoms with Crippen LogP contribution in [0.2, 0.25) is 0 Å². The quantitative estimate of drug-likeness (QED) is 0.312. The van der Waals surface area contributed by atoms with Gasteiger partial charge in [0.1, 0.15) is 17.5 Å². The van der Waals surface area contributed by atoms with Crippen LogP contribution in [-0.4, -0.2) is 47.4 Å². The Morgan fingerprint density at radius 1 is 1.26 bits per heavy atom. The maximum Gasteiger partial charge on any atom is 0.268 e. The standard InChI is InChI=1S/C29H31N5O3S/c1-3-5-20-16-22-17-31-29(32-23-7-9-24(10-8-23)37-25-6-4-13-30-18-25)33-27(22)34(28(20)35)19-21-12-15-38-26(21)11-14-36-2/h7-10,12,15-17,25,30H,4,6,11,13-14,18-19H2,1-2H3,(H,31,32,33). The van der Waals surface area contributed by atoms with Crippen LogP contribution in [0.1, 0.15) is 35.8 Å². The van der Waals surface area contributed by atoms with E-state index in [9.17, 15) is 4.79 Å². The zero-order valence-electron chi connectivity index (χ0n) is 21.6. The summed E-state index contributed by atoms with van der Waals surface area (Å²) in [6, 6.07) is 11.6. The third-order valence-corrected chi connectivity index (χ3v) is 7.47. The molecule has 5 rings (SSSR count). The third-order valence-electron chi connectivity index (χ3n) is 6.45. The Balaban J connectivity index is 1.43. The Hall–Kier alpha value is -3.71. The number of rotatable bonds is 9. The Labute approximate surface area is 226 Å². The summed E-state index contributed by atoms with van der Waals surface area (Å²) < 4.78 is 13.0. The monoisotopic (exact) mass is 529 g/mol. The number of aromatic nitrogens is 3. The second-order valence-electron chi connectivity index (χ2n) is 9.14. The molecule has 0 saturated carbocycles. The molecule has 9 heteroatoms. The topological polar surface area (TPSA) is 90.3 Å². The van der Waals surface area contributed by atoms with Gasteiger partial charge in [-0.1, -0.05) is 5.92 Å². The first-order valence-corrected chi connectivity index (χ1v) is 13.6. The minimum Gasteiger partial charge on any atom is -0.489 e. The number of pyridine rings is 1. The average Bonchev–Trinajstić information content (AvgIpc) is 3.38. The smallest absolute Gasteiger partial charge is 0.268 e. The number of benzene rings is 1. The van der Waals surface area contributed by atoms with Gasteiger partial charge >= 0.3 is 0 Å². The van der Waals surface area contributed by atoms with E-state index in [0.29, 0.717) is 30.3 Å². The normalized spacial score (nSPS) is 15.2. The Morgan fingerprint density at radius 2 is 2.13 bits per heavy atom. The molecule has 0 aliphatic carbocycles. The first kappa shape index (κ1) is 25.9. The van der Waals surface area contributed by atoms with Crippen molar-refractivity contribution in [3.05, 3.63) is 74.3 Å². The molecule has 1 aromatic carbocycles. The van der Waals surface area contributed by atoms with E-state index in [2.05, 4.69) is 33.5 Å². The van der Waals surface area contributed by atoms with Crippen LogP contribution < -0.4 is 20.9 Å². The Morgan fingerprint density at radius 3 is 2.89 bits per heavy atom. The van der Waals surface area contributed by atoms with Gasteiger partial charge in [0.15, 0.2) is 0 Å². The molecule has 1 aliphatic rings. The van der Waals surface area contributed by atoms with Crippen LogP contribution >= 0.6 is 11.3 Å². The van der Waals surface area contributed by atoms with Gasteiger partial charge in [-0.3, -0.25) is 9.36 Å². The fourth-order valence-electron chi connectivity index (χ4n) is 4.54. The lowest BCUT2D eigenvalue weighted by atomic mass is 10.1. The van der Waals surface area contributed by atoms with Gasteiger partial charge in [0.05, 0.1) is 18.7 Å². The van der Waals surface area contributed by atoms with E-state index < -0.39 is 0 Å². The maximum absolute atomic E-state index is 13.4. The van der Waals surface area contributed by atoms with Crippen LogP contribution in [0.15, 0.2) is 52.8 Å². The minimum atomic E-state index is -0.168. The summed E-state index contributed by atoms with van der Waals surface area (Å²) in [5, 5.41) is 9.43. The average molecular weight is 530 g/mol. The zero-order valence-corrected chi connectivity index (χ0v) is 22.4. The molecule has 0 spiro atoms. The number of nitrogens with zero attached hydrogens (tertiary/aromatic N) is 3. The van der Waals surface area contributed by atoms with Gasteiger partial charge in [0.2, 0.25) is 5.95 Å². The van der Waals surface area contributed by atoms with Crippen LogP contribution in [0.4, 0.5) is 11.6 Å². The summed E-state index contributed by atoms with van der Waals surface area (Å²) in [5.41, 5.74) is 2.73. The number of ether oxygens (including phenoxy) is 2. The van der Waals surface area contributed by atoms with Gasteiger partial charge in [-0.05, 0) is 73.7 Å². The number of hydrogen-bond donors (Lipinski definition) is 2. The predicted octanol–water partition coefficient (Wildman–Crippen LogP) is 4.34. The van der Waals surface area contributed by atoms with E-state index in [0.717, 1.165) is 54.7 Å². The molecule has 1 atom stereocenters. The highest BCUT2D eigenvalue weighted by atomic mass is 32.1. The van der Waals surface area contributed by atoms with Crippen LogP contribution in [0.25, 0.3) is 11.0 Å². The zero-order chi connectivity index (χ0) is 26.3. The van der Waals surface area contributed by atoms with Crippen molar-refractivity contribution in [3.63, 3.8) is 0 Å². The van der Waals surface area contributed by atoms with E-state index in [-0.39, 0.29) is 11.7 Å². The first-order chi connectivity index (χ1) is 18.6. The van der Waals surface area contributed by atoms with Crippen molar-refractivity contribution in [2.24, 2.45) is 0 Å². The first-order valence-electron chi connectivity index (χ1n) is 12.8. The highest BCUT2D eigenvalue weighted by Gasteiger charge is 2.16. The molecular formula is C29H31N5O3S.